The summed E-state index contributed by atoms with van der Waals surface area (Å²) in [5.74, 6) is -0.546. The Morgan fingerprint density at radius 3 is 2.60 bits per heavy atom. The van der Waals surface area contributed by atoms with Gasteiger partial charge in [-0.25, -0.2) is 12.8 Å². The zero-order valence-electron chi connectivity index (χ0n) is 10.4. The summed E-state index contributed by atoms with van der Waals surface area (Å²) in [6, 6.07) is 9.67. The van der Waals surface area contributed by atoms with Crippen LogP contribution < -0.4 is 9.46 Å². The van der Waals surface area contributed by atoms with E-state index in [9.17, 15) is 12.8 Å². The summed E-state index contributed by atoms with van der Waals surface area (Å²) in [6.45, 7) is 0. The minimum Gasteiger partial charge on any atom is -0.495 e. The van der Waals surface area contributed by atoms with Gasteiger partial charge in [0, 0.05) is 5.02 Å². The SMILES string of the molecule is COc1ccccc1S(=O)(=O)Nc1cc(Cl)ccc1F. The van der Waals surface area contributed by atoms with E-state index < -0.39 is 15.8 Å². The van der Waals surface area contributed by atoms with Crippen LogP contribution in [0.5, 0.6) is 5.75 Å². The number of rotatable bonds is 4. The van der Waals surface area contributed by atoms with Crippen LogP contribution in [0.3, 0.4) is 0 Å². The minimum absolute atomic E-state index is 0.0816. The molecule has 0 saturated heterocycles. The highest BCUT2D eigenvalue weighted by Gasteiger charge is 2.20. The zero-order chi connectivity index (χ0) is 14.8. The number of nitrogens with one attached hydrogen (secondary N) is 1. The molecule has 106 valence electrons. The molecule has 0 atom stereocenters. The van der Waals surface area contributed by atoms with Crippen LogP contribution in [0.15, 0.2) is 47.4 Å². The summed E-state index contributed by atoms with van der Waals surface area (Å²) < 4.78 is 45.2. The van der Waals surface area contributed by atoms with Gasteiger partial charge in [-0.3, -0.25) is 4.72 Å². The predicted molar refractivity (Wildman–Crippen MR) is 75.2 cm³/mol. The molecule has 0 bridgehead atoms. The Hall–Kier alpha value is -1.79. The van der Waals surface area contributed by atoms with Gasteiger partial charge in [0.05, 0.1) is 12.8 Å². The standard InChI is InChI=1S/C13H11ClFNO3S/c1-19-12-4-2-3-5-13(12)20(17,18)16-11-8-9(14)6-7-10(11)15/h2-8,16H,1H3. The van der Waals surface area contributed by atoms with E-state index in [1.165, 1.54) is 31.4 Å². The van der Waals surface area contributed by atoms with Crippen molar-refractivity contribution in [3.63, 3.8) is 0 Å². The molecule has 7 heteroatoms. The molecular formula is C13H11ClFNO3S. The Balaban J connectivity index is 2.43. The second-order valence-electron chi connectivity index (χ2n) is 3.88. The highest BCUT2D eigenvalue weighted by Crippen LogP contribution is 2.27. The summed E-state index contributed by atoms with van der Waals surface area (Å²) in [6.07, 6.45) is 0. The molecule has 0 amide bonds. The lowest BCUT2D eigenvalue weighted by Crippen LogP contribution is -2.15. The van der Waals surface area contributed by atoms with Crippen molar-refractivity contribution in [2.24, 2.45) is 0 Å². The monoisotopic (exact) mass is 315 g/mol. The van der Waals surface area contributed by atoms with Crippen LogP contribution in [-0.2, 0) is 10.0 Å². The van der Waals surface area contributed by atoms with Crippen LogP contribution in [0.2, 0.25) is 5.02 Å². The number of ether oxygens (including phenoxy) is 1. The van der Waals surface area contributed by atoms with Crippen LogP contribution in [0.25, 0.3) is 0 Å². The van der Waals surface area contributed by atoms with E-state index in [0.29, 0.717) is 0 Å². The quantitative estimate of drug-likeness (QED) is 0.942. The maximum atomic E-state index is 13.6. The summed E-state index contributed by atoms with van der Waals surface area (Å²) in [5.41, 5.74) is -0.219. The van der Waals surface area contributed by atoms with E-state index in [2.05, 4.69) is 4.72 Å². The third-order valence-electron chi connectivity index (χ3n) is 2.53. The summed E-state index contributed by atoms with van der Waals surface area (Å²) in [7, 11) is -2.61. The van der Waals surface area contributed by atoms with Crippen LogP contribution in [0, 0.1) is 5.82 Å². The highest BCUT2D eigenvalue weighted by molar-refractivity contribution is 7.92. The Kier molecular flexibility index (Phi) is 4.15. The van der Waals surface area contributed by atoms with Gasteiger partial charge in [-0.15, -0.1) is 0 Å². The molecule has 4 nitrogen and oxygen atoms in total. The van der Waals surface area contributed by atoms with Crippen molar-refractivity contribution >= 4 is 27.3 Å². The molecule has 20 heavy (non-hydrogen) atoms. The smallest absolute Gasteiger partial charge is 0.265 e. The van der Waals surface area contributed by atoms with E-state index in [1.54, 1.807) is 12.1 Å². The average Bonchev–Trinajstić information content (AvgIpc) is 2.42. The molecule has 0 saturated carbocycles. The van der Waals surface area contributed by atoms with Gasteiger partial charge in [0.15, 0.2) is 0 Å². The maximum absolute atomic E-state index is 13.6. The number of halogens is 2. The average molecular weight is 316 g/mol. The molecule has 1 N–H and O–H groups in total. The summed E-state index contributed by atoms with van der Waals surface area (Å²) in [4.78, 5) is -0.0816. The molecule has 0 heterocycles. The zero-order valence-corrected chi connectivity index (χ0v) is 12.0. The lowest BCUT2D eigenvalue weighted by molar-refractivity contribution is 0.403. The van der Waals surface area contributed by atoms with Gasteiger partial charge in [-0.1, -0.05) is 23.7 Å². The number of benzene rings is 2. The van der Waals surface area contributed by atoms with Gasteiger partial charge in [0.2, 0.25) is 0 Å². The molecule has 2 aromatic carbocycles. The second kappa shape index (κ2) is 5.68. The number of methoxy groups -OCH3 is 1. The topological polar surface area (TPSA) is 55.4 Å². The predicted octanol–water partition coefficient (Wildman–Crippen LogP) is 3.29. The Morgan fingerprint density at radius 1 is 1.20 bits per heavy atom. The Bertz CT molecular complexity index is 734. The molecule has 0 radical (unpaired) electrons. The van der Waals surface area contributed by atoms with Crippen LogP contribution in [-0.4, -0.2) is 15.5 Å². The normalized spacial score (nSPS) is 11.2. The molecule has 0 aliphatic heterocycles. The number of para-hydroxylation sites is 1. The fraction of sp³-hybridized carbons (Fsp3) is 0.0769. The Labute approximate surface area is 121 Å². The van der Waals surface area contributed by atoms with Gasteiger partial charge in [-0.2, -0.15) is 0 Å². The lowest BCUT2D eigenvalue weighted by Gasteiger charge is -2.12. The van der Waals surface area contributed by atoms with E-state index in [4.69, 9.17) is 16.3 Å². The van der Waals surface area contributed by atoms with Crippen molar-refractivity contribution in [2.75, 3.05) is 11.8 Å². The molecule has 0 aliphatic rings. The number of hydrogen-bond donors (Lipinski definition) is 1. The summed E-state index contributed by atoms with van der Waals surface area (Å²) >= 11 is 5.72. The number of anilines is 1. The van der Waals surface area contributed by atoms with E-state index >= 15 is 0 Å². The van der Waals surface area contributed by atoms with Crippen LogP contribution in [0.4, 0.5) is 10.1 Å². The molecule has 0 unspecified atom stereocenters. The number of sulfonamides is 1. The van der Waals surface area contributed by atoms with Crippen molar-refractivity contribution in [3.8, 4) is 5.75 Å². The molecule has 0 aliphatic carbocycles. The maximum Gasteiger partial charge on any atom is 0.265 e. The second-order valence-corrected chi connectivity index (χ2v) is 5.97. The lowest BCUT2D eigenvalue weighted by atomic mass is 10.3. The molecule has 2 rings (SSSR count). The first-order valence-electron chi connectivity index (χ1n) is 5.55. The van der Waals surface area contributed by atoms with Crippen molar-refractivity contribution in [1.82, 2.24) is 0 Å². The first kappa shape index (κ1) is 14.6. The molecule has 2 aromatic rings. The van der Waals surface area contributed by atoms with Gasteiger partial charge in [-0.05, 0) is 30.3 Å². The largest absolute Gasteiger partial charge is 0.495 e. The van der Waals surface area contributed by atoms with E-state index in [1.807, 2.05) is 0 Å². The third-order valence-corrected chi connectivity index (χ3v) is 4.17. The van der Waals surface area contributed by atoms with Gasteiger partial charge < -0.3 is 4.74 Å². The third kappa shape index (κ3) is 3.02. The van der Waals surface area contributed by atoms with Gasteiger partial charge >= 0.3 is 0 Å². The van der Waals surface area contributed by atoms with E-state index in [0.717, 1.165) is 6.07 Å². The van der Waals surface area contributed by atoms with Crippen LogP contribution >= 0.6 is 11.6 Å². The highest BCUT2D eigenvalue weighted by atomic mass is 35.5. The van der Waals surface area contributed by atoms with Crippen LogP contribution in [0.1, 0.15) is 0 Å². The Morgan fingerprint density at radius 2 is 1.90 bits per heavy atom. The van der Waals surface area contributed by atoms with Crippen molar-refractivity contribution in [1.29, 1.82) is 0 Å². The fourth-order valence-electron chi connectivity index (χ4n) is 1.62. The van der Waals surface area contributed by atoms with Crippen molar-refractivity contribution in [2.45, 2.75) is 4.90 Å². The van der Waals surface area contributed by atoms with E-state index in [-0.39, 0.29) is 21.4 Å². The molecule has 0 spiro atoms. The molecule has 0 aromatic heterocycles. The summed E-state index contributed by atoms with van der Waals surface area (Å²) in [5, 5.41) is 0.226. The fourth-order valence-corrected chi connectivity index (χ4v) is 3.02. The minimum atomic E-state index is -3.97. The van der Waals surface area contributed by atoms with Crippen molar-refractivity contribution < 1.29 is 17.5 Å². The molecule has 0 fully saturated rings. The number of hydrogen-bond acceptors (Lipinski definition) is 3. The van der Waals surface area contributed by atoms with Gasteiger partial charge in [0.1, 0.15) is 16.5 Å². The first-order valence-corrected chi connectivity index (χ1v) is 7.41. The van der Waals surface area contributed by atoms with Gasteiger partial charge in [0.25, 0.3) is 10.0 Å². The van der Waals surface area contributed by atoms with Crippen molar-refractivity contribution in [3.05, 3.63) is 53.3 Å². The molecular weight excluding hydrogens is 305 g/mol. The first-order chi connectivity index (χ1) is 9.44.